The molecule has 0 atom stereocenters. The van der Waals surface area contributed by atoms with Crippen LogP contribution >= 0.6 is 11.8 Å². The third-order valence-electron chi connectivity index (χ3n) is 2.01. The van der Waals surface area contributed by atoms with E-state index in [9.17, 15) is 4.79 Å². The van der Waals surface area contributed by atoms with Crippen LogP contribution in [0.2, 0.25) is 0 Å². The number of thioether (sulfide) groups is 1. The van der Waals surface area contributed by atoms with E-state index in [0.717, 1.165) is 23.3 Å². The third-order valence-corrected chi connectivity index (χ3v) is 3.23. The van der Waals surface area contributed by atoms with Crippen LogP contribution in [0.15, 0.2) is 29.2 Å². The Balaban J connectivity index is 2.93. The molecule has 0 aliphatic carbocycles. The van der Waals surface area contributed by atoms with Crippen molar-refractivity contribution >= 4 is 23.8 Å². The zero-order chi connectivity index (χ0) is 12.0. The fourth-order valence-corrected chi connectivity index (χ4v) is 1.95. The van der Waals surface area contributed by atoms with Crippen LogP contribution in [0.5, 0.6) is 0 Å². The monoisotopic (exact) mass is 235 g/mol. The molecule has 0 aliphatic rings. The first-order chi connectivity index (χ1) is 7.65. The van der Waals surface area contributed by atoms with Gasteiger partial charge in [-0.15, -0.1) is 11.8 Å². The molecule has 1 aromatic rings. The zero-order valence-corrected chi connectivity index (χ0v) is 10.1. The van der Waals surface area contributed by atoms with Gasteiger partial charge in [-0.2, -0.15) is 0 Å². The Hall–Kier alpha value is -1.22. The Morgan fingerprint density at radius 1 is 1.50 bits per heavy atom. The second-order valence-corrected chi connectivity index (χ2v) is 4.50. The van der Waals surface area contributed by atoms with Gasteiger partial charge < -0.3 is 5.11 Å². The molecule has 0 amide bonds. The van der Waals surface area contributed by atoms with E-state index < -0.39 is 5.97 Å². The molecule has 2 nitrogen and oxygen atoms in total. The third kappa shape index (κ3) is 3.74. The molecule has 0 aromatic heterocycles. The number of benzene rings is 1. The maximum Gasteiger partial charge on any atom is 0.342 e. The average molecular weight is 235 g/mol. The van der Waals surface area contributed by atoms with Crippen LogP contribution in [0.3, 0.4) is 0 Å². The minimum absolute atomic E-state index is 0.373. The van der Waals surface area contributed by atoms with E-state index in [2.05, 4.69) is 6.92 Å². The minimum Gasteiger partial charge on any atom is -0.477 e. The minimum atomic E-state index is -0.873. The van der Waals surface area contributed by atoms with Gasteiger partial charge in [0, 0.05) is 0 Å². The summed E-state index contributed by atoms with van der Waals surface area (Å²) in [6.07, 6.45) is 2.65. The smallest absolute Gasteiger partial charge is 0.342 e. The molecule has 0 saturated carbocycles. The summed E-state index contributed by atoms with van der Waals surface area (Å²) in [4.78, 5) is 11.4. The van der Waals surface area contributed by atoms with Crippen LogP contribution in [0.1, 0.15) is 24.5 Å². The lowest BCUT2D eigenvalue weighted by Gasteiger charge is -2.03. The van der Waals surface area contributed by atoms with E-state index >= 15 is 0 Å². The average Bonchev–Trinajstić information content (AvgIpc) is 2.26. The highest BCUT2D eigenvalue weighted by atomic mass is 32.2. The predicted octanol–water partition coefficient (Wildman–Crippen LogP) is 3.44. The van der Waals surface area contributed by atoms with Crippen molar-refractivity contribution in [3.63, 3.8) is 0 Å². The van der Waals surface area contributed by atoms with Crippen LogP contribution in [0, 0.1) is 6.92 Å². The first-order valence-electron chi connectivity index (χ1n) is 5.14. The summed E-state index contributed by atoms with van der Waals surface area (Å²) in [6, 6.07) is 7.51. The molecule has 0 fully saturated rings. The summed E-state index contributed by atoms with van der Waals surface area (Å²) < 4.78 is 0. The van der Waals surface area contributed by atoms with Crippen LogP contribution in [-0.4, -0.2) is 16.8 Å². The van der Waals surface area contributed by atoms with E-state index in [1.165, 1.54) is 11.8 Å². The molecular weight excluding hydrogens is 220 g/mol. The molecule has 0 unspecified atom stereocenters. The fraction of sp³-hybridized carbons (Fsp3) is 0.231. The van der Waals surface area contributed by atoms with Gasteiger partial charge in [0.15, 0.2) is 0 Å². The molecular formula is C13H15O2S. The van der Waals surface area contributed by atoms with Crippen LogP contribution in [-0.2, 0) is 4.79 Å². The largest absolute Gasteiger partial charge is 0.477 e. The molecule has 1 N–H and O–H groups in total. The first-order valence-corrected chi connectivity index (χ1v) is 6.12. The molecule has 85 valence electrons. The number of rotatable bonds is 5. The zero-order valence-electron chi connectivity index (χ0n) is 9.27. The van der Waals surface area contributed by atoms with E-state index in [1.54, 1.807) is 6.08 Å². The van der Waals surface area contributed by atoms with Gasteiger partial charge in [-0.1, -0.05) is 31.2 Å². The predicted molar refractivity (Wildman–Crippen MR) is 69.3 cm³/mol. The Morgan fingerprint density at radius 3 is 2.75 bits per heavy atom. The molecule has 0 heterocycles. The van der Waals surface area contributed by atoms with Crippen molar-refractivity contribution < 1.29 is 9.90 Å². The first kappa shape index (κ1) is 12.8. The van der Waals surface area contributed by atoms with Crippen LogP contribution in [0.25, 0.3) is 6.08 Å². The molecule has 16 heavy (non-hydrogen) atoms. The molecule has 0 bridgehead atoms. The summed E-state index contributed by atoms with van der Waals surface area (Å²) in [6.45, 7) is 5.90. The van der Waals surface area contributed by atoms with Crippen molar-refractivity contribution in [2.45, 2.75) is 13.3 Å². The van der Waals surface area contributed by atoms with Crippen LogP contribution in [0.4, 0.5) is 0 Å². The summed E-state index contributed by atoms with van der Waals surface area (Å²) in [5.41, 5.74) is 1.71. The summed E-state index contributed by atoms with van der Waals surface area (Å²) in [7, 11) is 0. The highest BCUT2D eigenvalue weighted by Gasteiger charge is 2.07. The van der Waals surface area contributed by atoms with Crippen molar-refractivity contribution in [2.75, 3.05) is 5.75 Å². The Kier molecular flexibility index (Phi) is 5.12. The highest BCUT2D eigenvalue weighted by molar-refractivity contribution is 8.04. The van der Waals surface area contributed by atoms with E-state index in [4.69, 9.17) is 5.11 Å². The van der Waals surface area contributed by atoms with Crippen molar-refractivity contribution in [1.29, 1.82) is 0 Å². The molecule has 0 saturated heterocycles. The normalized spacial score (nSPS) is 11.5. The van der Waals surface area contributed by atoms with E-state index in [1.807, 2.05) is 31.2 Å². The van der Waals surface area contributed by atoms with Crippen molar-refractivity contribution in [1.82, 2.24) is 0 Å². The van der Waals surface area contributed by atoms with Crippen molar-refractivity contribution in [3.05, 3.63) is 47.2 Å². The number of aliphatic carboxylic acids is 1. The Bertz CT molecular complexity index is 397. The summed E-state index contributed by atoms with van der Waals surface area (Å²) in [5, 5.41) is 9.04. The maximum absolute atomic E-state index is 11.0. The van der Waals surface area contributed by atoms with Gasteiger partial charge in [0.1, 0.15) is 0 Å². The van der Waals surface area contributed by atoms with Gasteiger partial charge in [-0.05, 0) is 36.3 Å². The van der Waals surface area contributed by atoms with E-state index in [0.29, 0.717) is 4.91 Å². The Labute approximate surface area is 100 Å². The second-order valence-electron chi connectivity index (χ2n) is 3.36. The topological polar surface area (TPSA) is 37.3 Å². The molecule has 1 aromatic carbocycles. The quantitative estimate of drug-likeness (QED) is 0.794. The molecule has 1 rings (SSSR count). The summed E-state index contributed by atoms with van der Waals surface area (Å²) >= 11 is 1.37. The molecule has 0 aliphatic heterocycles. The van der Waals surface area contributed by atoms with Crippen molar-refractivity contribution in [3.8, 4) is 0 Å². The lowest BCUT2D eigenvalue weighted by molar-refractivity contribution is -0.131. The van der Waals surface area contributed by atoms with Gasteiger partial charge in [0.05, 0.1) is 4.91 Å². The number of carboxylic acid groups (broad SMARTS) is 1. The standard InChI is InChI=1S/C13H15O2S/c1-3-8-16-12(13(14)15)9-11-7-5-4-6-10(11)2/h4-7,9H,2-3,8H2,1H3,(H,14,15). The van der Waals surface area contributed by atoms with Crippen molar-refractivity contribution in [2.24, 2.45) is 0 Å². The lowest BCUT2D eigenvalue weighted by Crippen LogP contribution is -1.98. The molecule has 0 spiro atoms. The SMILES string of the molecule is [CH2]c1ccccc1C=C(SCCC)C(=O)O. The van der Waals surface area contributed by atoms with E-state index in [-0.39, 0.29) is 0 Å². The number of carboxylic acids is 1. The summed E-state index contributed by atoms with van der Waals surface area (Å²) in [5.74, 6) is -0.0565. The molecule has 1 radical (unpaired) electrons. The Morgan fingerprint density at radius 2 is 2.19 bits per heavy atom. The lowest BCUT2D eigenvalue weighted by atomic mass is 10.1. The van der Waals surface area contributed by atoms with Gasteiger partial charge in [0.2, 0.25) is 0 Å². The van der Waals surface area contributed by atoms with Gasteiger partial charge in [0.25, 0.3) is 0 Å². The van der Waals surface area contributed by atoms with Gasteiger partial charge in [-0.25, -0.2) is 4.79 Å². The number of hydrogen-bond acceptors (Lipinski definition) is 2. The number of carbonyl (C=O) groups is 1. The maximum atomic E-state index is 11.0. The number of hydrogen-bond donors (Lipinski definition) is 1. The highest BCUT2D eigenvalue weighted by Crippen LogP contribution is 2.21. The second kappa shape index (κ2) is 6.38. The van der Waals surface area contributed by atoms with Crippen LogP contribution < -0.4 is 0 Å². The van der Waals surface area contributed by atoms with Gasteiger partial charge >= 0.3 is 5.97 Å². The van der Waals surface area contributed by atoms with Gasteiger partial charge in [-0.3, -0.25) is 0 Å². The fourth-order valence-electron chi connectivity index (χ4n) is 1.19. The molecule has 3 heteroatoms.